The number of carbonyl (C=O) groups is 2. The molecule has 1 aromatic carbocycles. The van der Waals surface area contributed by atoms with Crippen molar-refractivity contribution >= 4 is 29.2 Å². The Balaban J connectivity index is 2.41. The minimum atomic E-state index is -1.12. The number of aliphatic imine (C=N–C) groups is 1. The highest BCUT2D eigenvalue weighted by Crippen LogP contribution is 2.31. The molecule has 1 atom stereocenters. The number of carboxylic acid groups (broad SMARTS) is 1. The SMILES string of the molecule is CCCC(C(=O)O)C(=O)N1Nc2cc(C)ccc2N=C1N(C)C. The molecule has 0 spiro atoms. The molecule has 124 valence electrons. The van der Waals surface area contributed by atoms with Gasteiger partial charge in [0.25, 0.3) is 5.91 Å². The zero-order valence-electron chi connectivity index (χ0n) is 13.8. The molecule has 1 amide bonds. The zero-order valence-corrected chi connectivity index (χ0v) is 13.8. The Labute approximate surface area is 135 Å². The van der Waals surface area contributed by atoms with Crippen LogP contribution in [0, 0.1) is 12.8 Å². The van der Waals surface area contributed by atoms with Crippen molar-refractivity contribution in [3.05, 3.63) is 23.8 Å². The normalized spacial score (nSPS) is 14.4. The van der Waals surface area contributed by atoms with E-state index in [0.717, 1.165) is 5.56 Å². The quantitative estimate of drug-likeness (QED) is 0.831. The minimum Gasteiger partial charge on any atom is -0.481 e. The van der Waals surface area contributed by atoms with Crippen LogP contribution in [0.5, 0.6) is 0 Å². The second-order valence-electron chi connectivity index (χ2n) is 5.79. The molecule has 7 heteroatoms. The van der Waals surface area contributed by atoms with Crippen molar-refractivity contribution in [3.8, 4) is 0 Å². The summed E-state index contributed by atoms with van der Waals surface area (Å²) in [7, 11) is 3.52. The highest BCUT2D eigenvalue weighted by molar-refractivity contribution is 6.08. The summed E-state index contributed by atoms with van der Waals surface area (Å²) in [5, 5.41) is 10.6. The van der Waals surface area contributed by atoms with Crippen LogP contribution >= 0.6 is 0 Å². The van der Waals surface area contributed by atoms with Crippen LogP contribution in [-0.2, 0) is 9.59 Å². The lowest BCUT2D eigenvalue weighted by Gasteiger charge is -2.34. The Morgan fingerprint density at radius 2 is 2.09 bits per heavy atom. The fourth-order valence-corrected chi connectivity index (χ4v) is 2.42. The van der Waals surface area contributed by atoms with E-state index in [-0.39, 0.29) is 6.42 Å². The highest BCUT2D eigenvalue weighted by Gasteiger charge is 2.35. The van der Waals surface area contributed by atoms with Crippen molar-refractivity contribution in [1.82, 2.24) is 9.91 Å². The smallest absolute Gasteiger partial charge is 0.316 e. The van der Waals surface area contributed by atoms with Gasteiger partial charge in [0, 0.05) is 14.1 Å². The Bertz CT molecular complexity index is 655. The number of carboxylic acids is 1. The molecule has 1 aromatic rings. The van der Waals surface area contributed by atoms with Gasteiger partial charge in [-0.15, -0.1) is 0 Å². The molecule has 0 aromatic heterocycles. The van der Waals surface area contributed by atoms with Gasteiger partial charge in [0.1, 0.15) is 5.92 Å². The molecular formula is C16H22N4O3. The van der Waals surface area contributed by atoms with Crippen LogP contribution < -0.4 is 5.43 Å². The van der Waals surface area contributed by atoms with Crippen LogP contribution in [0.4, 0.5) is 11.4 Å². The number of amides is 1. The second kappa shape index (κ2) is 6.68. The molecule has 0 saturated carbocycles. The van der Waals surface area contributed by atoms with Gasteiger partial charge >= 0.3 is 5.97 Å². The van der Waals surface area contributed by atoms with E-state index >= 15 is 0 Å². The summed E-state index contributed by atoms with van der Waals surface area (Å²) >= 11 is 0. The molecule has 0 radical (unpaired) electrons. The number of guanidine groups is 1. The number of aryl methyl sites for hydroxylation is 1. The van der Waals surface area contributed by atoms with Crippen LogP contribution in [0.25, 0.3) is 0 Å². The highest BCUT2D eigenvalue weighted by atomic mass is 16.4. The van der Waals surface area contributed by atoms with Crippen molar-refractivity contribution in [2.45, 2.75) is 26.7 Å². The van der Waals surface area contributed by atoms with Gasteiger partial charge in [-0.05, 0) is 31.0 Å². The fraction of sp³-hybridized carbons (Fsp3) is 0.438. The first-order chi connectivity index (χ1) is 10.8. The summed E-state index contributed by atoms with van der Waals surface area (Å²) in [5.41, 5.74) is 5.43. The number of nitrogens with zero attached hydrogens (tertiary/aromatic N) is 3. The third-order valence-corrected chi connectivity index (χ3v) is 3.60. The Kier molecular flexibility index (Phi) is 4.88. The molecule has 0 saturated heterocycles. The maximum Gasteiger partial charge on any atom is 0.316 e. The van der Waals surface area contributed by atoms with Gasteiger partial charge in [0.2, 0.25) is 5.96 Å². The number of aliphatic carboxylic acids is 1. The van der Waals surface area contributed by atoms with Crippen LogP contribution in [0.2, 0.25) is 0 Å². The maximum atomic E-state index is 12.7. The van der Waals surface area contributed by atoms with Crippen molar-refractivity contribution in [3.63, 3.8) is 0 Å². The Morgan fingerprint density at radius 1 is 1.39 bits per heavy atom. The third kappa shape index (κ3) is 3.44. The molecule has 23 heavy (non-hydrogen) atoms. The number of rotatable bonds is 4. The van der Waals surface area contributed by atoms with E-state index in [1.807, 2.05) is 32.0 Å². The van der Waals surface area contributed by atoms with Crippen molar-refractivity contribution < 1.29 is 14.7 Å². The van der Waals surface area contributed by atoms with Gasteiger partial charge in [-0.1, -0.05) is 19.4 Å². The van der Waals surface area contributed by atoms with Gasteiger partial charge < -0.3 is 10.0 Å². The predicted octanol–water partition coefficient (Wildman–Crippen LogP) is 2.21. The third-order valence-electron chi connectivity index (χ3n) is 3.60. The number of hydrogen-bond donors (Lipinski definition) is 2. The van der Waals surface area contributed by atoms with Crippen molar-refractivity contribution in [1.29, 1.82) is 0 Å². The molecule has 2 N–H and O–H groups in total. The van der Waals surface area contributed by atoms with Gasteiger partial charge in [-0.25, -0.2) is 4.99 Å². The predicted molar refractivity (Wildman–Crippen MR) is 88.5 cm³/mol. The summed E-state index contributed by atoms with van der Waals surface area (Å²) in [6, 6.07) is 5.68. The molecule has 1 aliphatic heterocycles. The first kappa shape index (κ1) is 16.8. The maximum absolute atomic E-state index is 12.7. The molecule has 0 bridgehead atoms. The van der Waals surface area contributed by atoms with E-state index in [9.17, 15) is 14.7 Å². The van der Waals surface area contributed by atoms with Gasteiger partial charge in [-0.2, -0.15) is 5.01 Å². The topological polar surface area (TPSA) is 85.2 Å². The van der Waals surface area contributed by atoms with Gasteiger partial charge in [0.05, 0.1) is 11.4 Å². The van der Waals surface area contributed by atoms with Crippen LogP contribution in [0.15, 0.2) is 23.2 Å². The first-order valence-electron chi connectivity index (χ1n) is 7.55. The van der Waals surface area contributed by atoms with E-state index in [2.05, 4.69) is 10.4 Å². The molecule has 2 rings (SSSR count). The summed E-state index contributed by atoms with van der Waals surface area (Å²) in [5.74, 6) is -2.36. The van der Waals surface area contributed by atoms with Crippen molar-refractivity contribution in [2.24, 2.45) is 10.9 Å². The standard InChI is InChI=1S/C16H22N4O3/c1-5-6-11(15(22)23)14(21)20-16(19(3)4)17-12-8-7-10(2)9-13(12)18-20/h7-9,11,18H,5-6H2,1-4H3,(H,22,23). The van der Waals surface area contributed by atoms with E-state index < -0.39 is 17.8 Å². The lowest BCUT2D eigenvalue weighted by molar-refractivity contribution is -0.149. The molecule has 0 aliphatic carbocycles. The molecule has 1 heterocycles. The largest absolute Gasteiger partial charge is 0.481 e. The monoisotopic (exact) mass is 318 g/mol. The number of nitrogens with one attached hydrogen (secondary N) is 1. The molecule has 7 nitrogen and oxygen atoms in total. The lowest BCUT2D eigenvalue weighted by atomic mass is 10.0. The number of fused-ring (bicyclic) bond motifs is 1. The van der Waals surface area contributed by atoms with E-state index in [4.69, 9.17) is 0 Å². The van der Waals surface area contributed by atoms with E-state index in [1.54, 1.807) is 19.0 Å². The number of anilines is 1. The summed E-state index contributed by atoms with van der Waals surface area (Å²) in [4.78, 5) is 30.3. The summed E-state index contributed by atoms with van der Waals surface area (Å²) in [6.07, 6.45) is 0.897. The number of benzene rings is 1. The number of hydrogen-bond acceptors (Lipinski definition) is 5. The van der Waals surface area contributed by atoms with Gasteiger partial charge in [0.15, 0.2) is 0 Å². The summed E-state index contributed by atoms with van der Waals surface area (Å²) < 4.78 is 0. The molecule has 0 fully saturated rings. The van der Waals surface area contributed by atoms with Crippen LogP contribution in [0.3, 0.4) is 0 Å². The molecule has 1 unspecified atom stereocenters. The number of carbonyl (C=O) groups excluding carboxylic acids is 1. The fourth-order valence-electron chi connectivity index (χ4n) is 2.42. The first-order valence-corrected chi connectivity index (χ1v) is 7.55. The lowest BCUT2D eigenvalue weighted by Crippen LogP contribution is -2.52. The zero-order chi connectivity index (χ0) is 17.1. The van der Waals surface area contributed by atoms with Crippen LogP contribution in [0.1, 0.15) is 25.3 Å². The van der Waals surface area contributed by atoms with E-state index in [0.29, 0.717) is 23.8 Å². The summed E-state index contributed by atoms with van der Waals surface area (Å²) in [6.45, 7) is 3.79. The Morgan fingerprint density at radius 3 is 2.65 bits per heavy atom. The average molecular weight is 318 g/mol. The van der Waals surface area contributed by atoms with Crippen LogP contribution in [-0.4, -0.2) is 46.9 Å². The second-order valence-corrected chi connectivity index (χ2v) is 5.79. The molecule has 1 aliphatic rings. The minimum absolute atomic E-state index is 0.285. The number of hydrazine groups is 1. The molecular weight excluding hydrogens is 296 g/mol. The van der Waals surface area contributed by atoms with Crippen molar-refractivity contribution in [2.75, 3.05) is 19.5 Å². The Hall–Kier alpha value is -2.57. The van der Waals surface area contributed by atoms with E-state index in [1.165, 1.54) is 5.01 Å². The average Bonchev–Trinajstić information content (AvgIpc) is 2.50. The van der Waals surface area contributed by atoms with Gasteiger partial charge in [-0.3, -0.25) is 15.0 Å².